The molecule has 1 saturated carbocycles. The first-order valence-electron chi connectivity index (χ1n) is 7.24. The molecular formula is C16H23BFOS. The average molecular weight is 293 g/mol. The van der Waals surface area contributed by atoms with E-state index in [1.54, 1.807) is 19.6 Å². The molecule has 2 rings (SSSR count). The van der Waals surface area contributed by atoms with Crippen LogP contribution in [0.1, 0.15) is 58.4 Å². The van der Waals surface area contributed by atoms with Crippen LogP contribution in [0.25, 0.3) is 0 Å². The minimum Gasteiger partial charge on any atom is -0.428 e. The lowest BCUT2D eigenvalue weighted by Gasteiger charge is -2.38. The molecule has 1 aliphatic rings. The summed E-state index contributed by atoms with van der Waals surface area (Å²) in [5.74, 6) is 0.230. The molecule has 0 unspecified atom stereocenters. The second kappa shape index (κ2) is 5.72. The highest BCUT2D eigenvalue weighted by molar-refractivity contribution is 7.81. The third-order valence-corrected chi connectivity index (χ3v) is 5.09. The zero-order valence-electron chi connectivity index (χ0n) is 12.7. The van der Waals surface area contributed by atoms with Gasteiger partial charge in [-0.3, -0.25) is 0 Å². The molecule has 1 aromatic rings. The third kappa shape index (κ3) is 3.22. The van der Waals surface area contributed by atoms with Crippen molar-refractivity contribution in [2.75, 3.05) is 0 Å². The molecule has 1 aromatic carbocycles. The maximum atomic E-state index is 14.1. The molecule has 1 nitrogen and oxygen atoms in total. The van der Waals surface area contributed by atoms with Crippen LogP contribution in [0, 0.1) is 5.82 Å². The zero-order chi connectivity index (χ0) is 15.0. The Kier molecular flexibility index (Phi) is 4.55. The van der Waals surface area contributed by atoms with E-state index < -0.39 is 5.60 Å². The number of halogens is 1. The van der Waals surface area contributed by atoms with Crippen LogP contribution in [0.2, 0.25) is 0 Å². The summed E-state index contributed by atoms with van der Waals surface area (Å²) in [6.45, 7) is 8.03. The van der Waals surface area contributed by atoms with Gasteiger partial charge in [0.1, 0.15) is 5.82 Å². The van der Waals surface area contributed by atoms with Gasteiger partial charge in [-0.1, -0.05) is 18.6 Å². The Balaban J connectivity index is 2.16. The van der Waals surface area contributed by atoms with E-state index in [1.165, 1.54) is 6.42 Å². The molecular weight excluding hydrogens is 270 g/mol. The molecule has 0 heterocycles. The molecule has 0 aromatic heterocycles. The van der Waals surface area contributed by atoms with Crippen molar-refractivity contribution in [1.82, 2.24) is 0 Å². The van der Waals surface area contributed by atoms with Crippen molar-refractivity contribution in [2.24, 2.45) is 0 Å². The Labute approximate surface area is 128 Å². The standard InChI is InChI=1S/C16H23BFOS/c1-15(2,16(3,4)20)19-17-12-9-6-10-13(18)14(12)11-7-5-8-11/h6,9-11,20H,5,7-8H2,1-4H3. The topological polar surface area (TPSA) is 9.23 Å². The van der Waals surface area contributed by atoms with Gasteiger partial charge >= 0.3 is 7.48 Å². The zero-order valence-corrected chi connectivity index (χ0v) is 13.6. The second-order valence-electron chi connectivity index (χ2n) is 6.68. The fourth-order valence-corrected chi connectivity index (χ4v) is 2.19. The molecule has 1 fully saturated rings. The van der Waals surface area contributed by atoms with Crippen LogP contribution in [-0.2, 0) is 4.65 Å². The van der Waals surface area contributed by atoms with Crippen LogP contribution in [-0.4, -0.2) is 17.8 Å². The van der Waals surface area contributed by atoms with Crippen LogP contribution in [0.4, 0.5) is 4.39 Å². The van der Waals surface area contributed by atoms with Gasteiger partial charge in [0, 0.05) is 4.75 Å². The normalized spacial score (nSPS) is 16.9. The van der Waals surface area contributed by atoms with Crippen LogP contribution in [0.3, 0.4) is 0 Å². The van der Waals surface area contributed by atoms with E-state index in [0.717, 1.165) is 23.9 Å². The lowest BCUT2D eigenvalue weighted by atomic mass is 9.71. The van der Waals surface area contributed by atoms with Gasteiger partial charge in [-0.25, -0.2) is 4.39 Å². The summed E-state index contributed by atoms with van der Waals surface area (Å²) in [5, 5.41) is 0. The lowest BCUT2D eigenvalue weighted by Crippen LogP contribution is -2.46. The minimum atomic E-state index is -0.431. The molecule has 0 bridgehead atoms. The Bertz CT molecular complexity index is 478. The van der Waals surface area contributed by atoms with Gasteiger partial charge in [-0.15, -0.1) is 0 Å². The number of benzene rings is 1. The molecule has 0 N–H and O–H groups in total. The number of hydrogen-bond acceptors (Lipinski definition) is 2. The maximum Gasteiger partial charge on any atom is 0.331 e. The molecule has 109 valence electrons. The van der Waals surface area contributed by atoms with E-state index in [0.29, 0.717) is 5.92 Å². The quantitative estimate of drug-likeness (QED) is 0.641. The fraction of sp³-hybridized carbons (Fsp3) is 0.625. The molecule has 4 heteroatoms. The highest BCUT2D eigenvalue weighted by Crippen LogP contribution is 2.37. The highest BCUT2D eigenvalue weighted by Gasteiger charge is 2.35. The van der Waals surface area contributed by atoms with E-state index in [1.807, 2.05) is 33.8 Å². The second-order valence-corrected chi connectivity index (χ2v) is 7.79. The van der Waals surface area contributed by atoms with Gasteiger partial charge < -0.3 is 4.65 Å². The first-order valence-corrected chi connectivity index (χ1v) is 7.69. The Morgan fingerprint density at radius 1 is 1.25 bits per heavy atom. The van der Waals surface area contributed by atoms with Crippen molar-refractivity contribution in [3.05, 3.63) is 29.6 Å². The smallest absolute Gasteiger partial charge is 0.331 e. The van der Waals surface area contributed by atoms with Gasteiger partial charge in [0.05, 0.1) is 5.60 Å². The monoisotopic (exact) mass is 293 g/mol. The van der Waals surface area contributed by atoms with Crippen molar-refractivity contribution in [2.45, 2.75) is 63.2 Å². The van der Waals surface area contributed by atoms with Gasteiger partial charge in [0.25, 0.3) is 0 Å². The lowest BCUT2D eigenvalue weighted by molar-refractivity contribution is 0.0854. The van der Waals surface area contributed by atoms with Gasteiger partial charge in [-0.05, 0) is 63.5 Å². The summed E-state index contributed by atoms with van der Waals surface area (Å²) >= 11 is 4.58. The van der Waals surface area contributed by atoms with E-state index in [9.17, 15) is 4.39 Å². The van der Waals surface area contributed by atoms with Gasteiger partial charge in [-0.2, -0.15) is 12.6 Å². The van der Waals surface area contributed by atoms with Crippen molar-refractivity contribution < 1.29 is 9.04 Å². The number of rotatable bonds is 5. The minimum absolute atomic E-state index is 0.116. The van der Waals surface area contributed by atoms with E-state index in [4.69, 9.17) is 4.65 Å². The van der Waals surface area contributed by atoms with E-state index in [2.05, 4.69) is 12.6 Å². The van der Waals surface area contributed by atoms with Crippen molar-refractivity contribution in [1.29, 1.82) is 0 Å². The predicted molar refractivity (Wildman–Crippen MR) is 86.6 cm³/mol. The SMILES string of the molecule is CC(C)(S)C(C)(C)O[B]c1cccc(F)c1C1CCC1. The maximum absolute atomic E-state index is 14.1. The summed E-state index contributed by atoms with van der Waals surface area (Å²) < 4.78 is 19.7. The summed E-state index contributed by atoms with van der Waals surface area (Å²) in [7, 11) is 1.70. The molecule has 20 heavy (non-hydrogen) atoms. The van der Waals surface area contributed by atoms with Crippen LogP contribution < -0.4 is 5.46 Å². The summed E-state index contributed by atoms with van der Waals surface area (Å²) in [6.07, 6.45) is 3.33. The van der Waals surface area contributed by atoms with E-state index in [-0.39, 0.29) is 10.6 Å². The fourth-order valence-electron chi connectivity index (χ4n) is 2.14. The first-order chi connectivity index (χ1) is 9.22. The Morgan fingerprint density at radius 2 is 1.90 bits per heavy atom. The molecule has 0 atom stereocenters. The molecule has 1 radical (unpaired) electrons. The Morgan fingerprint density at radius 3 is 2.40 bits per heavy atom. The molecule has 1 aliphatic carbocycles. The van der Waals surface area contributed by atoms with Crippen LogP contribution in [0.15, 0.2) is 18.2 Å². The third-order valence-electron chi connectivity index (χ3n) is 4.55. The van der Waals surface area contributed by atoms with Crippen LogP contribution in [0.5, 0.6) is 0 Å². The average Bonchev–Trinajstić information content (AvgIpc) is 2.26. The summed E-state index contributed by atoms with van der Waals surface area (Å²) in [5.41, 5.74) is 1.24. The molecule has 0 aliphatic heterocycles. The predicted octanol–water partition coefficient (Wildman–Crippen LogP) is 3.84. The summed E-state index contributed by atoms with van der Waals surface area (Å²) in [4.78, 5) is 0. The largest absolute Gasteiger partial charge is 0.428 e. The van der Waals surface area contributed by atoms with Gasteiger partial charge in [0.15, 0.2) is 0 Å². The molecule has 0 saturated heterocycles. The van der Waals surface area contributed by atoms with Crippen molar-refractivity contribution in [3.8, 4) is 0 Å². The highest BCUT2D eigenvalue weighted by atomic mass is 32.1. The summed E-state index contributed by atoms with van der Waals surface area (Å²) in [6, 6.07) is 5.21. The van der Waals surface area contributed by atoms with Crippen molar-refractivity contribution in [3.63, 3.8) is 0 Å². The molecule has 0 amide bonds. The van der Waals surface area contributed by atoms with Gasteiger partial charge in [0.2, 0.25) is 0 Å². The van der Waals surface area contributed by atoms with Crippen molar-refractivity contribution >= 4 is 25.6 Å². The first kappa shape index (κ1) is 15.9. The number of hydrogen-bond donors (Lipinski definition) is 1. The van der Waals surface area contributed by atoms with Crippen LogP contribution >= 0.6 is 12.6 Å². The Hall–Kier alpha value is -0.475. The number of thiol groups is 1. The molecule has 0 spiro atoms. The van der Waals surface area contributed by atoms with E-state index >= 15 is 0 Å².